The number of hydrogen-bond donors (Lipinski definition) is 2. The van der Waals surface area contributed by atoms with Crippen LogP contribution in [0.25, 0.3) is 0 Å². The molecular formula is C12H12FN3OS2. The van der Waals surface area contributed by atoms with E-state index in [0.29, 0.717) is 5.13 Å². The summed E-state index contributed by atoms with van der Waals surface area (Å²) in [5, 5.41) is 3.01. The third-order valence-electron chi connectivity index (χ3n) is 2.25. The van der Waals surface area contributed by atoms with E-state index in [-0.39, 0.29) is 17.3 Å². The van der Waals surface area contributed by atoms with Crippen LogP contribution >= 0.6 is 23.1 Å². The zero-order valence-electron chi connectivity index (χ0n) is 10.1. The number of hydrogen-bond acceptors (Lipinski definition) is 5. The lowest BCUT2D eigenvalue weighted by atomic mass is 10.3. The van der Waals surface area contributed by atoms with Gasteiger partial charge in [0.25, 0.3) is 0 Å². The van der Waals surface area contributed by atoms with E-state index in [2.05, 4.69) is 10.3 Å². The van der Waals surface area contributed by atoms with Gasteiger partial charge in [-0.25, -0.2) is 9.37 Å². The first-order chi connectivity index (χ1) is 9.06. The Balaban J connectivity index is 1.92. The minimum atomic E-state index is -0.445. The monoisotopic (exact) mass is 297 g/mol. The van der Waals surface area contributed by atoms with Gasteiger partial charge in [0.05, 0.1) is 21.3 Å². The normalized spacial score (nSPS) is 10.4. The van der Waals surface area contributed by atoms with Gasteiger partial charge in [0.1, 0.15) is 5.82 Å². The number of thiazole rings is 1. The molecule has 19 heavy (non-hydrogen) atoms. The molecule has 1 aromatic carbocycles. The SMILES string of the molecule is Cc1nc(N)sc1SCC(=O)Nc1ccccc1F. The lowest BCUT2D eigenvalue weighted by Crippen LogP contribution is -2.14. The van der Waals surface area contributed by atoms with Crippen molar-refractivity contribution in [3.8, 4) is 0 Å². The van der Waals surface area contributed by atoms with Crippen LogP contribution in [-0.4, -0.2) is 16.6 Å². The highest BCUT2D eigenvalue weighted by molar-refractivity contribution is 8.01. The number of nitrogens with one attached hydrogen (secondary N) is 1. The highest BCUT2D eigenvalue weighted by atomic mass is 32.2. The van der Waals surface area contributed by atoms with E-state index in [0.717, 1.165) is 9.90 Å². The van der Waals surface area contributed by atoms with Crippen LogP contribution in [0, 0.1) is 12.7 Å². The van der Waals surface area contributed by atoms with Gasteiger partial charge in [0.15, 0.2) is 5.13 Å². The molecule has 7 heteroatoms. The van der Waals surface area contributed by atoms with Crippen molar-refractivity contribution in [1.82, 2.24) is 4.98 Å². The van der Waals surface area contributed by atoms with E-state index < -0.39 is 5.82 Å². The van der Waals surface area contributed by atoms with Crippen molar-refractivity contribution >= 4 is 39.8 Å². The minimum absolute atomic E-state index is 0.189. The first-order valence-electron chi connectivity index (χ1n) is 5.46. The molecule has 1 heterocycles. The topological polar surface area (TPSA) is 68.0 Å². The predicted octanol–water partition coefficient (Wildman–Crippen LogP) is 2.90. The smallest absolute Gasteiger partial charge is 0.234 e. The molecule has 0 bridgehead atoms. The largest absolute Gasteiger partial charge is 0.375 e. The second-order valence-corrected chi connectivity index (χ2v) is 6.02. The summed E-state index contributed by atoms with van der Waals surface area (Å²) in [6, 6.07) is 6.06. The number of carbonyl (C=O) groups excluding carboxylic acids is 1. The lowest BCUT2D eigenvalue weighted by Gasteiger charge is -2.05. The molecule has 0 spiro atoms. The summed E-state index contributed by atoms with van der Waals surface area (Å²) in [7, 11) is 0. The maximum Gasteiger partial charge on any atom is 0.234 e. The number of nitrogens with zero attached hydrogens (tertiary/aromatic N) is 1. The van der Waals surface area contributed by atoms with E-state index in [1.165, 1.54) is 35.2 Å². The summed E-state index contributed by atoms with van der Waals surface area (Å²) in [4.78, 5) is 15.8. The molecule has 0 atom stereocenters. The van der Waals surface area contributed by atoms with E-state index in [1.54, 1.807) is 12.1 Å². The Morgan fingerprint density at radius 2 is 2.26 bits per heavy atom. The highest BCUT2D eigenvalue weighted by Gasteiger charge is 2.10. The number of benzene rings is 1. The third-order valence-corrected chi connectivity index (χ3v) is 4.60. The van der Waals surface area contributed by atoms with Gasteiger partial charge < -0.3 is 11.1 Å². The molecule has 2 aromatic rings. The third kappa shape index (κ3) is 3.68. The number of rotatable bonds is 4. The molecule has 0 aliphatic rings. The molecule has 0 unspecified atom stereocenters. The van der Waals surface area contributed by atoms with Crippen LogP contribution in [-0.2, 0) is 4.79 Å². The molecule has 0 saturated heterocycles. The van der Waals surface area contributed by atoms with E-state index in [9.17, 15) is 9.18 Å². The van der Waals surface area contributed by atoms with Crippen molar-refractivity contribution in [1.29, 1.82) is 0 Å². The Hall–Kier alpha value is -1.60. The van der Waals surface area contributed by atoms with Gasteiger partial charge in [0.2, 0.25) is 5.91 Å². The Bertz CT molecular complexity index is 600. The van der Waals surface area contributed by atoms with Gasteiger partial charge in [0, 0.05) is 0 Å². The first-order valence-corrected chi connectivity index (χ1v) is 7.26. The first kappa shape index (κ1) is 13.8. The van der Waals surface area contributed by atoms with Crippen molar-refractivity contribution in [3.63, 3.8) is 0 Å². The molecule has 0 fully saturated rings. The van der Waals surface area contributed by atoms with Crippen LogP contribution in [0.5, 0.6) is 0 Å². The number of aryl methyl sites for hydroxylation is 1. The number of nitrogens with two attached hydrogens (primary N) is 1. The van der Waals surface area contributed by atoms with Gasteiger partial charge in [-0.05, 0) is 19.1 Å². The zero-order chi connectivity index (χ0) is 13.8. The van der Waals surface area contributed by atoms with E-state index in [1.807, 2.05) is 6.92 Å². The maximum absolute atomic E-state index is 13.3. The predicted molar refractivity (Wildman–Crippen MR) is 77.0 cm³/mol. The van der Waals surface area contributed by atoms with Crippen molar-refractivity contribution in [3.05, 3.63) is 35.8 Å². The Kier molecular flexibility index (Phi) is 4.39. The molecule has 3 N–H and O–H groups in total. The number of halogens is 1. The zero-order valence-corrected chi connectivity index (χ0v) is 11.8. The van der Waals surface area contributed by atoms with E-state index >= 15 is 0 Å². The summed E-state index contributed by atoms with van der Waals surface area (Å²) in [6.45, 7) is 1.84. The van der Waals surface area contributed by atoms with E-state index in [4.69, 9.17) is 5.73 Å². The second-order valence-electron chi connectivity index (χ2n) is 3.74. The number of amides is 1. The van der Waals surface area contributed by atoms with Crippen molar-refractivity contribution < 1.29 is 9.18 Å². The molecule has 1 amide bonds. The van der Waals surface area contributed by atoms with Gasteiger partial charge >= 0.3 is 0 Å². The molecule has 0 aliphatic carbocycles. The fraction of sp³-hybridized carbons (Fsp3) is 0.167. The number of para-hydroxylation sites is 1. The molecule has 4 nitrogen and oxygen atoms in total. The standard InChI is InChI=1S/C12H12FN3OS2/c1-7-11(19-12(14)15-7)18-6-10(17)16-9-5-3-2-4-8(9)13/h2-5H,6H2,1H3,(H2,14,15)(H,16,17). The number of thioether (sulfide) groups is 1. The van der Waals surface area contributed by atoms with Gasteiger partial charge in [-0.2, -0.15) is 0 Å². The maximum atomic E-state index is 13.3. The summed E-state index contributed by atoms with van der Waals surface area (Å²) in [5.74, 6) is -0.517. The van der Waals surface area contributed by atoms with Gasteiger partial charge in [-0.1, -0.05) is 23.5 Å². The fourth-order valence-electron chi connectivity index (χ4n) is 1.42. The summed E-state index contributed by atoms with van der Waals surface area (Å²) in [6.07, 6.45) is 0. The Morgan fingerprint density at radius 3 is 2.89 bits per heavy atom. The van der Waals surface area contributed by atoms with Crippen LogP contribution in [0.3, 0.4) is 0 Å². The van der Waals surface area contributed by atoms with Crippen molar-refractivity contribution in [2.75, 3.05) is 16.8 Å². The average Bonchev–Trinajstić information content (AvgIpc) is 2.68. The van der Waals surface area contributed by atoms with Crippen LogP contribution in [0.2, 0.25) is 0 Å². The summed E-state index contributed by atoms with van der Waals surface area (Å²) < 4.78 is 14.2. The fourth-order valence-corrected chi connectivity index (χ4v) is 3.24. The molecule has 100 valence electrons. The van der Waals surface area contributed by atoms with Crippen LogP contribution in [0.1, 0.15) is 5.69 Å². The lowest BCUT2D eigenvalue weighted by molar-refractivity contribution is -0.113. The quantitative estimate of drug-likeness (QED) is 0.851. The van der Waals surface area contributed by atoms with Crippen LogP contribution < -0.4 is 11.1 Å². The van der Waals surface area contributed by atoms with Gasteiger partial charge in [-0.3, -0.25) is 4.79 Å². The molecule has 0 radical (unpaired) electrons. The van der Waals surface area contributed by atoms with Gasteiger partial charge in [-0.15, -0.1) is 11.8 Å². The minimum Gasteiger partial charge on any atom is -0.375 e. The Labute approximate surface area is 118 Å². The summed E-state index contributed by atoms with van der Waals surface area (Å²) >= 11 is 2.68. The number of nitrogen functional groups attached to an aromatic ring is 1. The molecule has 2 rings (SSSR count). The molecular weight excluding hydrogens is 285 g/mol. The Morgan fingerprint density at radius 1 is 1.53 bits per heavy atom. The molecule has 1 aromatic heterocycles. The van der Waals surface area contributed by atoms with Crippen molar-refractivity contribution in [2.24, 2.45) is 0 Å². The van der Waals surface area contributed by atoms with Crippen LogP contribution in [0.15, 0.2) is 28.5 Å². The second kappa shape index (κ2) is 6.03. The number of anilines is 2. The number of aromatic nitrogens is 1. The van der Waals surface area contributed by atoms with Crippen molar-refractivity contribution in [2.45, 2.75) is 11.1 Å². The molecule has 0 aliphatic heterocycles. The highest BCUT2D eigenvalue weighted by Crippen LogP contribution is 2.30. The summed E-state index contributed by atoms with van der Waals surface area (Å²) in [5.41, 5.74) is 6.57. The van der Waals surface area contributed by atoms with Crippen LogP contribution in [0.4, 0.5) is 15.2 Å². The molecule has 0 saturated carbocycles. The number of carbonyl (C=O) groups is 1. The average molecular weight is 297 g/mol.